The lowest BCUT2D eigenvalue weighted by atomic mass is 9.91. The average molecular weight is 601 g/mol. The number of aromatic nitrogens is 1. The van der Waals surface area contributed by atoms with E-state index in [9.17, 15) is 14.4 Å². The summed E-state index contributed by atoms with van der Waals surface area (Å²) in [6.45, 7) is 3.67. The molecule has 0 radical (unpaired) electrons. The summed E-state index contributed by atoms with van der Waals surface area (Å²) in [6, 6.07) is 15.8. The van der Waals surface area contributed by atoms with Crippen molar-refractivity contribution in [1.29, 1.82) is 0 Å². The summed E-state index contributed by atoms with van der Waals surface area (Å²) < 4.78 is 38.2. The van der Waals surface area contributed by atoms with Gasteiger partial charge in [0.2, 0.25) is 6.41 Å². The summed E-state index contributed by atoms with van der Waals surface area (Å²) in [6.07, 6.45) is 1.23. The van der Waals surface area contributed by atoms with Crippen LogP contribution in [-0.2, 0) is 27.4 Å². The molecule has 1 fully saturated rings. The Balaban J connectivity index is 1.37. The minimum Gasteiger partial charge on any atom is -0.375 e. The predicted octanol–water partition coefficient (Wildman–Crippen LogP) is 4.80. The van der Waals surface area contributed by atoms with Crippen LogP contribution in [0.4, 0.5) is 14.5 Å². The average Bonchev–Trinajstić information content (AvgIpc) is 2.99. The maximum atomic E-state index is 16.1. The largest absolute Gasteiger partial charge is 0.375 e. The van der Waals surface area contributed by atoms with Crippen molar-refractivity contribution in [2.45, 2.75) is 44.6 Å². The van der Waals surface area contributed by atoms with E-state index in [0.29, 0.717) is 32.6 Å². The molecule has 3 aromatic rings. The fourth-order valence-corrected chi connectivity index (χ4v) is 5.43. The standard InChI is InChI=1S/C31H35ClF2N4O4/c1-3-37(20-26(42-2)28-25(35-21-39)12-11-24(32)29(28)33)30(41)31(34)13-16-36(17-14-31)18-22-7-9-23(10-8-22)19-38-15-5-4-6-27(38)40/h4-12,15,21,26H,3,13-14,16-20H2,1-2H3,(H,35,39). The fraction of sp³-hybridized carbons (Fsp3) is 0.387. The quantitative estimate of drug-likeness (QED) is 0.302. The number of anilines is 1. The van der Waals surface area contributed by atoms with E-state index < -0.39 is 23.5 Å². The summed E-state index contributed by atoms with van der Waals surface area (Å²) in [5.74, 6) is -1.44. The Morgan fingerprint density at radius 1 is 1.12 bits per heavy atom. The maximum absolute atomic E-state index is 16.1. The first-order valence-corrected chi connectivity index (χ1v) is 14.2. The number of likely N-dealkylation sites (N-methyl/N-ethyl adjacent to an activating group) is 1. The predicted molar refractivity (Wildman–Crippen MR) is 158 cm³/mol. The van der Waals surface area contributed by atoms with Crippen LogP contribution in [0.25, 0.3) is 0 Å². The zero-order valence-corrected chi connectivity index (χ0v) is 24.4. The van der Waals surface area contributed by atoms with Crippen LogP contribution in [0.3, 0.4) is 0 Å². The molecule has 1 atom stereocenters. The molecule has 11 heteroatoms. The summed E-state index contributed by atoms with van der Waals surface area (Å²) in [5.41, 5.74) is 0.0854. The Morgan fingerprint density at radius 3 is 2.38 bits per heavy atom. The lowest BCUT2D eigenvalue weighted by Gasteiger charge is -2.39. The third-order valence-electron chi connectivity index (χ3n) is 7.72. The second-order valence-electron chi connectivity index (χ2n) is 10.4. The topological polar surface area (TPSA) is 83.9 Å². The number of nitrogens with zero attached hydrogens (tertiary/aromatic N) is 3. The number of ether oxygens (including phenoxy) is 1. The second-order valence-corrected chi connectivity index (χ2v) is 10.8. The number of carbonyl (C=O) groups excluding carboxylic acids is 2. The maximum Gasteiger partial charge on any atom is 0.260 e. The summed E-state index contributed by atoms with van der Waals surface area (Å²) in [5, 5.41) is 2.28. The number of benzene rings is 2. The molecule has 0 saturated carbocycles. The lowest BCUT2D eigenvalue weighted by Crippen LogP contribution is -2.53. The van der Waals surface area contributed by atoms with Crippen molar-refractivity contribution in [3.63, 3.8) is 0 Å². The van der Waals surface area contributed by atoms with Gasteiger partial charge in [0.05, 0.1) is 18.1 Å². The van der Waals surface area contributed by atoms with Crippen molar-refractivity contribution >= 4 is 29.6 Å². The van der Waals surface area contributed by atoms with Gasteiger partial charge in [-0.05, 0) is 36.2 Å². The molecule has 1 unspecified atom stereocenters. The molecule has 1 saturated heterocycles. The molecule has 2 heterocycles. The molecular weight excluding hydrogens is 566 g/mol. The zero-order valence-electron chi connectivity index (χ0n) is 23.7. The van der Waals surface area contributed by atoms with Crippen LogP contribution >= 0.6 is 11.6 Å². The molecule has 1 N–H and O–H groups in total. The van der Waals surface area contributed by atoms with E-state index in [4.69, 9.17) is 16.3 Å². The Labute approximate surface area is 248 Å². The van der Waals surface area contributed by atoms with Crippen molar-refractivity contribution in [2.24, 2.45) is 0 Å². The summed E-state index contributed by atoms with van der Waals surface area (Å²) in [4.78, 5) is 39.9. The van der Waals surface area contributed by atoms with Gasteiger partial charge in [0.15, 0.2) is 5.67 Å². The van der Waals surface area contributed by atoms with Crippen molar-refractivity contribution in [1.82, 2.24) is 14.4 Å². The molecule has 8 nitrogen and oxygen atoms in total. The molecule has 224 valence electrons. The van der Waals surface area contributed by atoms with E-state index in [0.717, 1.165) is 11.1 Å². The van der Waals surface area contributed by atoms with Gasteiger partial charge in [-0.25, -0.2) is 8.78 Å². The molecule has 2 aromatic carbocycles. The van der Waals surface area contributed by atoms with Crippen LogP contribution in [0, 0.1) is 5.82 Å². The van der Waals surface area contributed by atoms with Crippen LogP contribution in [0.15, 0.2) is 65.6 Å². The Hall–Kier alpha value is -3.60. The number of amides is 2. The highest BCUT2D eigenvalue weighted by atomic mass is 35.5. The highest BCUT2D eigenvalue weighted by Gasteiger charge is 2.44. The van der Waals surface area contributed by atoms with E-state index in [1.165, 1.54) is 30.2 Å². The minimum absolute atomic E-state index is 0.00655. The van der Waals surface area contributed by atoms with Crippen molar-refractivity contribution < 1.29 is 23.1 Å². The number of carbonyl (C=O) groups is 2. The van der Waals surface area contributed by atoms with E-state index in [-0.39, 0.29) is 47.8 Å². The number of pyridine rings is 1. The van der Waals surface area contributed by atoms with E-state index >= 15 is 8.78 Å². The van der Waals surface area contributed by atoms with Crippen LogP contribution in [0.2, 0.25) is 5.02 Å². The van der Waals surface area contributed by atoms with E-state index in [1.807, 2.05) is 30.3 Å². The first kappa shape index (κ1) is 31.3. The Morgan fingerprint density at radius 2 is 1.79 bits per heavy atom. The van der Waals surface area contributed by atoms with Gasteiger partial charge in [0.1, 0.15) is 11.9 Å². The van der Waals surface area contributed by atoms with Crippen LogP contribution < -0.4 is 10.9 Å². The SMILES string of the molecule is CCN(CC(OC)c1c(NC=O)ccc(Cl)c1F)C(=O)C1(F)CCN(Cc2ccc(Cn3ccccc3=O)cc2)CC1. The van der Waals surface area contributed by atoms with Crippen molar-refractivity contribution in [3.05, 3.63) is 98.7 Å². The smallest absolute Gasteiger partial charge is 0.260 e. The van der Waals surface area contributed by atoms with Crippen LogP contribution in [0.1, 0.15) is 42.6 Å². The third-order valence-corrected chi connectivity index (χ3v) is 8.01. The van der Waals surface area contributed by atoms with Crippen LogP contribution in [0.5, 0.6) is 0 Å². The minimum atomic E-state index is -2.06. The van der Waals surface area contributed by atoms with E-state index in [2.05, 4.69) is 10.2 Å². The highest BCUT2D eigenvalue weighted by molar-refractivity contribution is 6.30. The molecule has 0 spiro atoms. The third kappa shape index (κ3) is 7.24. The molecule has 2 amide bonds. The van der Waals surface area contributed by atoms with Gasteiger partial charge in [-0.1, -0.05) is 41.9 Å². The summed E-state index contributed by atoms with van der Waals surface area (Å²) >= 11 is 5.98. The number of nitrogens with one attached hydrogen (secondary N) is 1. The van der Waals surface area contributed by atoms with Gasteiger partial charge < -0.3 is 19.5 Å². The summed E-state index contributed by atoms with van der Waals surface area (Å²) in [7, 11) is 1.35. The molecule has 42 heavy (non-hydrogen) atoms. The Kier molecular flexibility index (Phi) is 10.5. The first-order valence-electron chi connectivity index (χ1n) is 13.8. The lowest BCUT2D eigenvalue weighted by molar-refractivity contribution is -0.149. The van der Waals surface area contributed by atoms with Gasteiger partial charge in [-0.3, -0.25) is 19.3 Å². The van der Waals surface area contributed by atoms with Gasteiger partial charge in [0, 0.05) is 69.6 Å². The normalized spacial score (nSPS) is 15.6. The number of likely N-dealkylation sites (tertiary alicyclic amines) is 1. The molecule has 4 rings (SSSR count). The first-order chi connectivity index (χ1) is 20.2. The van der Waals surface area contributed by atoms with Crippen molar-refractivity contribution in [3.8, 4) is 0 Å². The number of methoxy groups -OCH3 is 1. The van der Waals surface area contributed by atoms with E-state index in [1.54, 1.807) is 23.8 Å². The molecule has 0 aliphatic carbocycles. The second kappa shape index (κ2) is 14.0. The number of halogens is 3. The number of alkyl halides is 1. The van der Waals surface area contributed by atoms with Gasteiger partial charge >= 0.3 is 0 Å². The number of hydrogen-bond donors (Lipinski definition) is 1. The monoisotopic (exact) mass is 600 g/mol. The molecular formula is C31H35ClF2N4O4. The van der Waals surface area contributed by atoms with Crippen molar-refractivity contribution in [2.75, 3.05) is 38.6 Å². The molecule has 1 aliphatic heterocycles. The fourth-order valence-electron chi connectivity index (χ4n) is 5.27. The molecule has 1 aliphatic rings. The highest BCUT2D eigenvalue weighted by Crippen LogP contribution is 2.35. The van der Waals surface area contributed by atoms with Gasteiger partial charge in [-0.2, -0.15) is 0 Å². The number of piperidine rings is 1. The van der Waals surface area contributed by atoms with Gasteiger partial charge in [-0.15, -0.1) is 0 Å². The number of rotatable bonds is 12. The van der Waals surface area contributed by atoms with Crippen LogP contribution in [-0.4, -0.2) is 65.6 Å². The molecule has 0 bridgehead atoms. The Bertz CT molecular complexity index is 1440. The molecule has 1 aromatic heterocycles. The number of hydrogen-bond acceptors (Lipinski definition) is 5. The van der Waals surface area contributed by atoms with Gasteiger partial charge in [0.25, 0.3) is 11.5 Å². The zero-order chi connectivity index (χ0) is 30.3.